The lowest BCUT2D eigenvalue weighted by Gasteiger charge is -2.02. The minimum absolute atomic E-state index is 0.683. The quantitative estimate of drug-likeness (QED) is 0.763. The third-order valence-corrected chi connectivity index (χ3v) is 4.14. The van der Waals surface area contributed by atoms with Gasteiger partial charge in [0.1, 0.15) is 0 Å². The van der Waals surface area contributed by atoms with E-state index in [0.717, 1.165) is 14.3 Å². The molecule has 0 saturated carbocycles. The van der Waals surface area contributed by atoms with E-state index in [-0.39, 0.29) is 0 Å². The molecule has 0 radical (unpaired) electrons. The van der Waals surface area contributed by atoms with Crippen molar-refractivity contribution < 1.29 is 0 Å². The second-order valence-corrected chi connectivity index (χ2v) is 5.11. The molecule has 0 aliphatic heterocycles. The molecule has 0 nitrogen and oxygen atoms in total. The first-order valence-corrected chi connectivity index (χ1v) is 6.26. The van der Waals surface area contributed by atoms with Crippen LogP contribution in [0.25, 0.3) is 0 Å². The molecule has 0 fully saturated rings. The van der Waals surface area contributed by atoms with Gasteiger partial charge in [0.15, 0.2) is 0 Å². The Bertz CT molecular complexity index is 456. The predicted molar refractivity (Wildman–Crippen MR) is 67.4 cm³/mol. The molecule has 0 saturated heterocycles. The van der Waals surface area contributed by atoms with Crippen LogP contribution >= 0.6 is 39.3 Å². The van der Waals surface area contributed by atoms with Crippen molar-refractivity contribution in [2.24, 2.45) is 0 Å². The van der Waals surface area contributed by atoms with Gasteiger partial charge in [0.25, 0.3) is 0 Å². The Labute approximate surface area is 107 Å². The topological polar surface area (TPSA) is 0 Å². The second kappa shape index (κ2) is 4.94. The van der Waals surface area contributed by atoms with E-state index >= 15 is 0 Å². The fourth-order valence-electron chi connectivity index (χ4n) is 1.08. The van der Waals surface area contributed by atoms with Crippen molar-refractivity contribution in [1.29, 1.82) is 0 Å². The van der Waals surface area contributed by atoms with Gasteiger partial charge in [-0.1, -0.05) is 53.7 Å². The lowest BCUT2D eigenvalue weighted by molar-refractivity contribution is 1.40. The minimum atomic E-state index is 0.683. The number of rotatable bonds is 2. The van der Waals surface area contributed by atoms with Crippen LogP contribution in [-0.4, -0.2) is 0 Å². The Kier molecular flexibility index (Phi) is 3.58. The highest BCUT2D eigenvalue weighted by molar-refractivity contribution is 9.10. The van der Waals surface area contributed by atoms with Crippen molar-refractivity contribution >= 4 is 39.3 Å². The van der Waals surface area contributed by atoms with Gasteiger partial charge in [-0.25, -0.2) is 0 Å². The van der Waals surface area contributed by atoms with Gasteiger partial charge in [-0.05, 0) is 28.1 Å². The van der Waals surface area contributed by atoms with Gasteiger partial charge in [-0.3, -0.25) is 0 Å². The first-order chi connectivity index (χ1) is 7.27. The molecule has 2 aromatic rings. The third-order valence-electron chi connectivity index (χ3n) is 1.77. The van der Waals surface area contributed by atoms with Crippen LogP contribution in [0.3, 0.4) is 0 Å². The van der Waals surface area contributed by atoms with Crippen LogP contribution in [0.1, 0.15) is 0 Å². The van der Waals surface area contributed by atoms with E-state index < -0.39 is 0 Å². The van der Waals surface area contributed by atoms with Crippen molar-refractivity contribution in [2.75, 3.05) is 0 Å². The van der Waals surface area contributed by atoms with Crippen LogP contribution in [0.2, 0.25) is 5.02 Å². The van der Waals surface area contributed by atoms with Gasteiger partial charge < -0.3 is 0 Å². The molecule has 3 heteroatoms. The number of halogens is 2. The summed E-state index contributed by atoms with van der Waals surface area (Å²) in [5, 5.41) is 0.683. The molecule has 0 heterocycles. The zero-order valence-electron chi connectivity index (χ0n) is 7.63. The lowest BCUT2D eigenvalue weighted by Crippen LogP contribution is -1.75. The van der Waals surface area contributed by atoms with E-state index in [1.165, 1.54) is 0 Å². The van der Waals surface area contributed by atoms with E-state index in [9.17, 15) is 0 Å². The summed E-state index contributed by atoms with van der Waals surface area (Å²) >= 11 is 11.1. The predicted octanol–water partition coefficient (Wildman–Crippen LogP) is 4.85. The molecule has 0 amide bonds. The lowest BCUT2D eigenvalue weighted by atomic mass is 10.4. The second-order valence-electron chi connectivity index (χ2n) is 2.82. The Morgan fingerprint density at radius 3 is 2.67 bits per heavy atom. The van der Waals surface area contributed by atoms with E-state index in [1.54, 1.807) is 11.8 Å². The summed E-state index contributed by atoms with van der Waals surface area (Å²) in [6.45, 7) is 0. The molecule has 2 aromatic carbocycles. The Hall–Kier alpha value is -0.620. The van der Waals surface area contributed by atoms with Gasteiger partial charge in [-0.2, -0.15) is 0 Å². The smallest absolute Gasteiger partial charge is 0.0875 e. The maximum absolute atomic E-state index is 6.12. The Morgan fingerprint density at radius 1 is 1.20 bits per heavy atom. The standard InChI is InChI=1S/C12H6BrClS/c13-10-7-4-8-11(12(10)14)15-9-5-2-1-3-6-9/h1-3,5-6,8H. The van der Waals surface area contributed by atoms with Crippen LogP contribution < -0.4 is 0 Å². The van der Waals surface area contributed by atoms with E-state index in [1.807, 2.05) is 36.4 Å². The zero-order chi connectivity index (χ0) is 10.7. The van der Waals surface area contributed by atoms with Crippen molar-refractivity contribution in [3.05, 3.63) is 58.0 Å². The first-order valence-electron chi connectivity index (χ1n) is 4.27. The summed E-state index contributed by atoms with van der Waals surface area (Å²) in [5.41, 5.74) is 0. The van der Waals surface area contributed by atoms with Crippen molar-refractivity contribution in [3.63, 3.8) is 0 Å². The highest BCUT2D eigenvalue weighted by Gasteiger charge is 2.04. The molecule has 0 unspecified atom stereocenters. The van der Waals surface area contributed by atoms with Crippen LogP contribution in [0, 0.1) is 12.1 Å². The number of benzene rings is 1. The van der Waals surface area contributed by atoms with E-state index in [2.05, 4.69) is 28.1 Å². The molecule has 0 aliphatic carbocycles. The molecule has 2 rings (SSSR count). The van der Waals surface area contributed by atoms with E-state index in [0.29, 0.717) is 5.02 Å². The normalized spacial score (nSPS) is 9.73. The van der Waals surface area contributed by atoms with Gasteiger partial charge in [0, 0.05) is 15.9 Å². The van der Waals surface area contributed by atoms with Gasteiger partial charge in [0.05, 0.1) is 9.50 Å². The summed E-state index contributed by atoms with van der Waals surface area (Å²) in [5.74, 6) is 0. The molecule has 0 N–H and O–H groups in total. The molecule has 74 valence electrons. The van der Waals surface area contributed by atoms with Crippen LogP contribution in [0.15, 0.2) is 50.7 Å². The molecule has 0 aliphatic rings. The van der Waals surface area contributed by atoms with Gasteiger partial charge in [-0.15, -0.1) is 0 Å². The number of hydrogen-bond donors (Lipinski definition) is 0. The van der Waals surface area contributed by atoms with Crippen LogP contribution in [0.4, 0.5) is 0 Å². The molecule has 0 atom stereocenters. The Morgan fingerprint density at radius 2 is 1.93 bits per heavy atom. The summed E-state index contributed by atoms with van der Waals surface area (Å²) < 4.78 is 0.755. The molecular formula is C12H6BrClS. The summed E-state index contributed by atoms with van der Waals surface area (Å²) in [4.78, 5) is 2.14. The minimum Gasteiger partial charge on any atom is -0.0878 e. The number of hydrogen-bond acceptors (Lipinski definition) is 1. The Balaban J connectivity index is 2.29. The van der Waals surface area contributed by atoms with Crippen molar-refractivity contribution in [1.82, 2.24) is 0 Å². The average molecular weight is 298 g/mol. The van der Waals surface area contributed by atoms with Gasteiger partial charge >= 0.3 is 0 Å². The van der Waals surface area contributed by atoms with Crippen LogP contribution in [0.5, 0.6) is 0 Å². The maximum atomic E-state index is 6.12. The fourth-order valence-corrected chi connectivity index (χ4v) is 2.61. The van der Waals surface area contributed by atoms with Gasteiger partial charge in [0.2, 0.25) is 0 Å². The largest absolute Gasteiger partial charge is 0.0878 e. The summed E-state index contributed by atoms with van der Waals surface area (Å²) in [7, 11) is 0. The highest BCUT2D eigenvalue weighted by Crippen LogP contribution is 2.35. The van der Waals surface area contributed by atoms with Crippen molar-refractivity contribution in [3.8, 4) is 0 Å². The van der Waals surface area contributed by atoms with Crippen LogP contribution in [-0.2, 0) is 0 Å². The van der Waals surface area contributed by atoms with Crippen molar-refractivity contribution in [2.45, 2.75) is 9.79 Å². The molecule has 0 bridgehead atoms. The van der Waals surface area contributed by atoms with E-state index in [4.69, 9.17) is 11.6 Å². The SMILES string of the molecule is Clc1c(Br)c#ccc1Sc1ccccc1. The third kappa shape index (κ3) is 2.69. The summed E-state index contributed by atoms with van der Waals surface area (Å²) in [6.07, 6.45) is 0. The highest BCUT2D eigenvalue weighted by atomic mass is 79.9. The first kappa shape index (κ1) is 10.9. The fraction of sp³-hybridized carbons (Fsp3) is 0. The molecule has 0 spiro atoms. The maximum Gasteiger partial charge on any atom is 0.0875 e. The monoisotopic (exact) mass is 296 g/mol. The average Bonchev–Trinajstić information content (AvgIpc) is 2.26. The summed E-state index contributed by atoms with van der Waals surface area (Å²) in [6, 6.07) is 17.7. The molecule has 15 heavy (non-hydrogen) atoms. The zero-order valence-corrected chi connectivity index (χ0v) is 10.8. The molecule has 0 aromatic heterocycles. The molecular weight excluding hydrogens is 292 g/mol.